The quantitative estimate of drug-likeness (QED) is 0.692. The summed E-state index contributed by atoms with van der Waals surface area (Å²) in [5.74, 6) is 0. The molecule has 1 rings (SSSR count). The molecule has 1 saturated heterocycles. The van der Waals surface area contributed by atoms with Gasteiger partial charge in [-0.3, -0.25) is 4.90 Å². The second-order valence-electron chi connectivity index (χ2n) is 5.09. The van der Waals surface area contributed by atoms with E-state index in [9.17, 15) is 0 Å². The molecule has 0 aromatic carbocycles. The molecule has 0 saturated carbocycles. The molecule has 0 amide bonds. The monoisotopic (exact) mass is 227 g/mol. The number of nitrogens with zero attached hydrogens (tertiary/aromatic N) is 2. The van der Waals surface area contributed by atoms with Gasteiger partial charge in [-0.05, 0) is 33.4 Å². The van der Waals surface area contributed by atoms with Crippen LogP contribution in [0.15, 0.2) is 0 Å². The van der Waals surface area contributed by atoms with Crippen LogP contribution in [0.4, 0.5) is 0 Å². The zero-order valence-corrected chi connectivity index (χ0v) is 11.5. The Morgan fingerprint density at radius 1 is 1.31 bits per heavy atom. The van der Waals surface area contributed by atoms with E-state index in [1.54, 1.807) is 0 Å². The summed E-state index contributed by atoms with van der Waals surface area (Å²) in [4.78, 5) is 5.12. The van der Waals surface area contributed by atoms with Gasteiger partial charge in [0.25, 0.3) is 0 Å². The van der Waals surface area contributed by atoms with Gasteiger partial charge in [-0.2, -0.15) is 0 Å². The predicted octanol–water partition coefficient (Wildman–Crippen LogP) is 1.40. The minimum atomic E-state index is 0.703. The molecule has 0 bridgehead atoms. The average molecular weight is 227 g/mol. The van der Waals surface area contributed by atoms with Gasteiger partial charge in [0, 0.05) is 38.3 Å². The highest BCUT2D eigenvalue weighted by Crippen LogP contribution is 2.12. The fourth-order valence-electron chi connectivity index (χ4n) is 2.39. The van der Waals surface area contributed by atoms with Crippen LogP contribution in [0.25, 0.3) is 0 Å². The summed E-state index contributed by atoms with van der Waals surface area (Å²) < 4.78 is 0. The maximum atomic E-state index is 3.55. The normalized spacial score (nSPS) is 25.9. The Morgan fingerprint density at radius 2 is 2.06 bits per heavy atom. The van der Waals surface area contributed by atoms with Crippen molar-refractivity contribution in [2.75, 3.05) is 39.8 Å². The summed E-state index contributed by atoms with van der Waals surface area (Å²) in [7, 11) is 2.23. The average Bonchev–Trinajstić information content (AvgIpc) is 2.29. The number of hydrogen-bond donors (Lipinski definition) is 1. The second kappa shape index (κ2) is 7.25. The molecule has 3 nitrogen and oxygen atoms in total. The summed E-state index contributed by atoms with van der Waals surface area (Å²) in [6.07, 6.45) is 2.49. The molecule has 0 radical (unpaired) electrons. The largest absolute Gasteiger partial charge is 0.315 e. The maximum absolute atomic E-state index is 3.55. The molecule has 2 atom stereocenters. The molecule has 0 aliphatic carbocycles. The smallest absolute Gasteiger partial charge is 0.0219 e. The molecule has 1 N–H and O–H groups in total. The van der Waals surface area contributed by atoms with Crippen LogP contribution in [-0.2, 0) is 0 Å². The molecule has 1 fully saturated rings. The summed E-state index contributed by atoms with van der Waals surface area (Å²) in [6, 6.07) is 1.43. The second-order valence-corrected chi connectivity index (χ2v) is 5.09. The third-order valence-electron chi connectivity index (χ3n) is 3.79. The number of rotatable bonds is 6. The predicted molar refractivity (Wildman–Crippen MR) is 70.9 cm³/mol. The third-order valence-corrected chi connectivity index (χ3v) is 3.79. The van der Waals surface area contributed by atoms with Crippen LogP contribution in [0.3, 0.4) is 0 Å². The van der Waals surface area contributed by atoms with Crippen molar-refractivity contribution >= 4 is 0 Å². The van der Waals surface area contributed by atoms with E-state index in [4.69, 9.17) is 0 Å². The first-order valence-corrected chi connectivity index (χ1v) is 6.84. The van der Waals surface area contributed by atoms with Gasteiger partial charge in [-0.25, -0.2) is 0 Å². The molecule has 0 aromatic heterocycles. The van der Waals surface area contributed by atoms with Crippen LogP contribution >= 0.6 is 0 Å². The lowest BCUT2D eigenvalue weighted by Crippen LogP contribution is -2.55. The van der Waals surface area contributed by atoms with Gasteiger partial charge >= 0.3 is 0 Å². The molecular formula is C13H29N3. The van der Waals surface area contributed by atoms with Crippen LogP contribution in [-0.4, -0.2) is 61.7 Å². The van der Waals surface area contributed by atoms with E-state index in [0.717, 1.165) is 19.1 Å². The molecule has 1 aliphatic rings. The first-order chi connectivity index (χ1) is 7.69. The van der Waals surface area contributed by atoms with Crippen LogP contribution in [0, 0.1) is 0 Å². The number of nitrogens with one attached hydrogen (secondary N) is 1. The Kier molecular flexibility index (Phi) is 6.32. The van der Waals surface area contributed by atoms with E-state index in [1.165, 1.54) is 32.5 Å². The van der Waals surface area contributed by atoms with E-state index in [0.29, 0.717) is 6.04 Å². The Balaban J connectivity index is 2.34. The number of likely N-dealkylation sites (N-methyl/N-ethyl adjacent to an activating group) is 1. The van der Waals surface area contributed by atoms with Crippen molar-refractivity contribution in [3.05, 3.63) is 0 Å². The summed E-state index contributed by atoms with van der Waals surface area (Å²) in [6.45, 7) is 12.8. The van der Waals surface area contributed by atoms with Gasteiger partial charge in [0.05, 0.1) is 0 Å². The minimum absolute atomic E-state index is 0.703. The molecule has 0 aromatic rings. The van der Waals surface area contributed by atoms with Crippen molar-refractivity contribution < 1.29 is 0 Å². The van der Waals surface area contributed by atoms with Gasteiger partial charge in [-0.1, -0.05) is 13.8 Å². The first kappa shape index (κ1) is 13.9. The van der Waals surface area contributed by atoms with Crippen molar-refractivity contribution in [3.8, 4) is 0 Å². The Morgan fingerprint density at radius 3 is 2.62 bits per heavy atom. The van der Waals surface area contributed by atoms with Gasteiger partial charge in [0.1, 0.15) is 0 Å². The van der Waals surface area contributed by atoms with Crippen molar-refractivity contribution in [1.29, 1.82) is 0 Å². The summed E-state index contributed by atoms with van der Waals surface area (Å²) in [5.41, 5.74) is 0. The SMILES string of the molecule is CCCNCC(CC)N1CCN(C)C(C)C1. The Hall–Kier alpha value is -0.120. The fraction of sp³-hybridized carbons (Fsp3) is 1.00. The van der Waals surface area contributed by atoms with Crippen molar-refractivity contribution in [2.24, 2.45) is 0 Å². The van der Waals surface area contributed by atoms with E-state index in [1.807, 2.05) is 0 Å². The van der Waals surface area contributed by atoms with Crippen LogP contribution in [0.2, 0.25) is 0 Å². The summed E-state index contributed by atoms with van der Waals surface area (Å²) in [5, 5.41) is 3.55. The van der Waals surface area contributed by atoms with Crippen LogP contribution in [0.1, 0.15) is 33.6 Å². The van der Waals surface area contributed by atoms with Crippen molar-refractivity contribution in [2.45, 2.75) is 45.7 Å². The van der Waals surface area contributed by atoms with Gasteiger partial charge in [-0.15, -0.1) is 0 Å². The Bertz CT molecular complexity index is 184. The summed E-state index contributed by atoms with van der Waals surface area (Å²) >= 11 is 0. The molecule has 1 aliphatic heterocycles. The molecule has 3 heteroatoms. The van der Waals surface area contributed by atoms with E-state index >= 15 is 0 Å². The van der Waals surface area contributed by atoms with Crippen molar-refractivity contribution in [1.82, 2.24) is 15.1 Å². The lowest BCUT2D eigenvalue weighted by Gasteiger charge is -2.41. The standard InChI is InChI=1S/C13H29N3/c1-5-7-14-10-13(6-2)16-9-8-15(4)12(3)11-16/h12-14H,5-11H2,1-4H3. The molecule has 0 spiro atoms. The zero-order valence-electron chi connectivity index (χ0n) is 11.5. The van der Waals surface area contributed by atoms with Crippen LogP contribution in [0.5, 0.6) is 0 Å². The highest BCUT2D eigenvalue weighted by Gasteiger charge is 2.25. The van der Waals surface area contributed by atoms with E-state index in [2.05, 4.69) is 42.9 Å². The van der Waals surface area contributed by atoms with Gasteiger partial charge in [0.15, 0.2) is 0 Å². The van der Waals surface area contributed by atoms with Gasteiger partial charge in [0.2, 0.25) is 0 Å². The first-order valence-electron chi connectivity index (χ1n) is 6.84. The lowest BCUT2D eigenvalue weighted by molar-refractivity contribution is 0.0700. The fourth-order valence-corrected chi connectivity index (χ4v) is 2.39. The van der Waals surface area contributed by atoms with E-state index in [-0.39, 0.29) is 0 Å². The number of hydrogen-bond acceptors (Lipinski definition) is 3. The van der Waals surface area contributed by atoms with Gasteiger partial charge < -0.3 is 10.2 Å². The Labute approximate surface area is 101 Å². The highest BCUT2D eigenvalue weighted by molar-refractivity contribution is 4.82. The van der Waals surface area contributed by atoms with Crippen molar-refractivity contribution in [3.63, 3.8) is 0 Å². The van der Waals surface area contributed by atoms with E-state index < -0.39 is 0 Å². The van der Waals surface area contributed by atoms with Crippen LogP contribution < -0.4 is 5.32 Å². The number of piperazine rings is 1. The third kappa shape index (κ3) is 4.04. The molecule has 1 heterocycles. The minimum Gasteiger partial charge on any atom is -0.315 e. The molecule has 96 valence electrons. The zero-order chi connectivity index (χ0) is 12.0. The lowest BCUT2D eigenvalue weighted by atomic mass is 10.1. The maximum Gasteiger partial charge on any atom is 0.0219 e. The topological polar surface area (TPSA) is 18.5 Å². The molecule has 16 heavy (non-hydrogen) atoms. The molecule has 2 unspecified atom stereocenters. The highest BCUT2D eigenvalue weighted by atomic mass is 15.3. The molecular weight excluding hydrogens is 198 g/mol.